The van der Waals surface area contributed by atoms with Crippen LogP contribution >= 0.6 is 15.9 Å². The first kappa shape index (κ1) is 11.1. The van der Waals surface area contributed by atoms with Crippen molar-refractivity contribution in [1.82, 2.24) is 0 Å². The lowest BCUT2D eigenvalue weighted by molar-refractivity contribution is -0.160. The molecule has 0 bridgehead atoms. The number of carboxylic acids is 1. The third-order valence-electron chi connectivity index (χ3n) is 2.47. The predicted octanol–water partition coefficient (Wildman–Crippen LogP) is 2.42. The van der Waals surface area contributed by atoms with Crippen molar-refractivity contribution >= 4 is 27.6 Å². The number of aliphatic carboxylic acids is 1. The molecule has 0 amide bonds. The minimum atomic E-state index is -1.24. The molecule has 1 atom stereocenters. The summed E-state index contributed by atoms with van der Waals surface area (Å²) in [5.74, 6) is -0.999. The number of carbonyl (C=O) groups is 1. The highest BCUT2D eigenvalue weighted by Gasteiger charge is 2.42. The zero-order valence-corrected chi connectivity index (χ0v) is 10.2. The second-order valence-electron chi connectivity index (χ2n) is 3.85. The maximum Gasteiger partial charge on any atom is 0.351 e. The molecule has 0 saturated carbocycles. The van der Waals surface area contributed by atoms with Gasteiger partial charge < -0.3 is 9.94 Å². The maximum absolute atomic E-state index is 11.0. The van der Waals surface area contributed by atoms with Crippen LogP contribution in [0.3, 0.4) is 0 Å². The van der Waals surface area contributed by atoms with Gasteiger partial charge in [-0.1, -0.05) is 33.2 Å². The van der Waals surface area contributed by atoms with Crippen LogP contribution in [0.2, 0.25) is 0 Å². The second kappa shape index (κ2) is 3.90. The molecule has 4 nitrogen and oxygen atoms in total. The van der Waals surface area contributed by atoms with Gasteiger partial charge in [0, 0.05) is 16.5 Å². The summed E-state index contributed by atoms with van der Waals surface area (Å²) in [7, 11) is 0. The average molecular weight is 284 g/mol. The first-order chi connectivity index (χ1) is 7.51. The first-order valence-corrected chi connectivity index (χ1v) is 5.55. The van der Waals surface area contributed by atoms with Crippen LogP contribution in [0, 0.1) is 0 Å². The summed E-state index contributed by atoms with van der Waals surface area (Å²) in [6.45, 7) is 1.52. The molecule has 16 heavy (non-hydrogen) atoms. The van der Waals surface area contributed by atoms with Gasteiger partial charge in [-0.05, 0) is 19.1 Å². The number of hydrogen-bond donors (Lipinski definition) is 1. The van der Waals surface area contributed by atoms with E-state index < -0.39 is 11.6 Å². The van der Waals surface area contributed by atoms with Gasteiger partial charge in [0.25, 0.3) is 0 Å². The van der Waals surface area contributed by atoms with Gasteiger partial charge in [0.2, 0.25) is 5.60 Å². The summed E-state index contributed by atoms with van der Waals surface area (Å²) in [6.07, 6.45) is 0.277. The lowest BCUT2D eigenvalue weighted by Gasteiger charge is -2.14. The van der Waals surface area contributed by atoms with Gasteiger partial charge in [0.15, 0.2) is 0 Å². The van der Waals surface area contributed by atoms with Crippen LogP contribution in [0.5, 0.6) is 0 Å². The Kier molecular flexibility index (Phi) is 2.71. The van der Waals surface area contributed by atoms with Gasteiger partial charge in [0.1, 0.15) is 0 Å². The smallest absolute Gasteiger partial charge is 0.351 e. The molecule has 1 aromatic rings. The largest absolute Gasteiger partial charge is 0.478 e. The van der Waals surface area contributed by atoms with Crippen molar-refractivity contribution in [2.45, 2.75) is 18.9 Å². The van der Waals surface area contributed by atoms with Gasteiger partial charge >= 0.3 is 5.97 Å². The van der Waals surface area contributed by atoms with E-state index >= 15 is 0 Å². The minimum Gasteiger partial charge on any atom is -0.478 e. The number of rotatable bonds is 2. The number of oxime groups is 1. The molecule has 1 N–H and O–H groups in total. The molecule has 0 fully saturated rings. The zero-order valence-electron chi connectivity index (χ0n) is 8.61. The molecule has 1 aromatic carbocycles. The molecule has 0 saturated heterocycles. The molecule has 0 aromatic heterocycles. The van der Waals surface area contributed by atoms with Crippen LogP contribution in [0.25, 0.3) is 0 Å². The summed E-state index contributed by atoms with van der Waals surface area (Å²) in [4.78, 5) is 15.9. The molecule has 1 aliphatic heterocycles. The number of carboxylic acid groups (broad SMARTS) is 1. The van der Waals surface area contributed by atoms with Crippen LogP contribution in [0.1, 0.15) is 18.9 Å². The normalized spacial score (nSPS) is 23.8. The molecular weight excluding hydrogens is 274 g/mol. The standard InChI is InChI=1S/C11H10BrNO3/c1-11(10(14)15)6-9(13-16-11)7-3-2-4-8(12)5-7/h2-5H,6H2,1H3,(H,14,15)/t11-/m0/s1. The number of halogens is 1. The summed E-state index contributed by atoms with van der Waals surface area (Å²) >= 11 is 3.35. The minimum absolute atomic E-state index is 0.277. The fraction of sp³-hybridized carbons (Fsp3) is 0.273. The Morgan fingerprint density at radius 3 is 2.94 bits per heavy atom. The van der Waals surface area contributed by atoms with Gasteiger partial charge in [0.05, 0.1) is 5.71 Å². The summed E-state index contributed by atoms with van der Waals surface area (Å²) in [6, 6.07) is 7.53. The highest BCUT2D eigenvalue weighted by molar-refractivity contribution is 9.10. The Bertz CT molecular complexity index is 472. The molecule has 0 aliphatic carbocycles. The van der Waals surface area contributed by atoms with Crippen LogP contribution in [-0.4, -0.2) is 22.4 Å². The van der Waals surface area contributed by atoms with E-state index in [2.05, 4.69) is 21.1 Å². The average Bonchev–Trinajstić information content (AvgIpc) is 2.62. The van der Waals surface area contributed by atoms with Crippen molar-refractivity contribution in [2.24, 2.45) is 5.16 Å². The van der Waals surface area contributed by atoms with Crippen molar-refractivity contribution in [3.8, 4) is 0 Å². The molecule has 1 heterocycles. The fourth-order valence-corrected chi connectivity index (χ4v) is 1.88. The molecule has 5 heteroatoms. The van der Waals surface area contributed by atoms with Crippen molar-refractivity contribution < 1.29 is 14.7 Å². The summed E-state index contributed by atoms with van der Waals surface area (Å²) in [5.41, 5.74) is 0.294. The van der Waals surface area contributed by atoms with Crippen LogP contribution in [0.4, 0.5) is 0 Å². The Hall–Kier alpha value is -1.36. The van der Waals surface area contributed by atoms with Crippen molar-refractivity contribution in [3.05, 3.63) is 34.3 Å². The Labute approximate surface area is 101 Å². The van der Waals surface area contributed by atoms with Crippen LogP contribution < -0.4 is 0 Å². The highest BCUT2D eigenvalue weighted by atomic mass is 79.9. The van der Waals surface area contributed by atoms with Crippen molar-refractivity contribution in [3.63, 3.8) is 0 Å². The van der Waals surface area contributed by atoms with E-state index in [4.69, 9.17) is 9.94 Å². The third kappa shape index (κ3) is 1.95. The maximum atomic E-state index is 11.0. The molecule has 2 rings (SSSR count). The van der Waals surface area contributed by atoms with E-state index in [0.717, 1.165) is 10.0 Å². The van der Waals surface area contributed by atoms with E-state index in [-0.39, 0.29) is 6.42 Å². The predicted molar refractivity (Wildman–Crippen MR) is 62.4 cm³/mol. The lowest BCUT2D eigenvalue weighted by Crippen LogP contribution is -2.35. The highest BCUT2D eigenvalue weighted by Crippen LogP contribution is 2.27. The zero-order chi connectivity index (χ0) is 11.8. The number of benzene rings is 1. The van der Waals surface area contributed by atoms with E-state index in [0.29, 0.717) is 5.71 Å². The summed E-state index contributed by atoms with van der Waals surface area (Å²) < 4.78 is 0.927. The Balaban J connectivity index is 2.24. The topological polar surface area (TPSA) is 58.9 Å². The Morgan fingerprint density at radius 2 is 2.38 bits per heavy atom. The number of hydrogen-bond acceptors (Lipinski definition) is 3. The van der Waals surface area contributed by atoms with E-state index in [1.54, 1.807) is 0 Å². The van der Waals surface area contributed by atoms with Crippen molar-refractivity contribution in [2.75, 3.05) is 0 Å². The molecule has 0 unspecified atom stereocenters. The molecule has 0 radical (unpaired) electrons. The van der Waals surface area contributed by atoms with Gasteiger partial charge in [-0.2, -0.15) is 0 Å². The monoisotopic (exact) mass is 283 g/mol. The summed E-state index contributed by atoms with van der Waals surface area (Å²) in [5, 5.41) is 12.8. The van der Waals surface area contributed by atoms with Crippen molar-refractivity contribution in [1.29, 1.82) is 0 Å². The van der Waals surface area contributed by atoms with Gasteiger partial charge in [-0.3, -0.25) is 0 Å². The molecule has 84 valence electrons. The molecular formula is C11H10BrNO3. The van der Waals surface area contributed by atoms with E-state index in [1.807, 2.05) is 24.3 Å². The lowest BCUT2D eigenvalue weighted by atomic mass is 9.96. The molecule has 1 aliphatic rings. The third-order valence-corrected chi connectivity index (χ3v) is 2.97. The second-order valence-corrected chi connectivity index (χ2v) is 4.77. The van der Waals surface area contributed by atoms with Gasteiger partial charge in [-0.15, -0.1) is 0 Å². The molecule has 0 spiro atoms. The number of nitrogens with zero attached hydrogens (tertiary/aromatic N) is 1. The first-order valence-electron chi connectivity index (χ1n) is 4.76. The quantitative estimate of drug-likeness (QED) is 0.907. The fourth-order valence-electron chi connectivity index (χ4n) is 1.48. The van der Waals surface area contributed by atoms with E-state index in [9.17, 15) is 4.79 Å². The SMILES string of the molecule is C[C@@]1(C(=O)O)CC(c2cccc(Br)c2)=NO1. The van der Waals surface area contributed by atoms with E-state index in [1.165, 1.54) is 6.92 Å². The Morgan fingerprint density at radius 1 is 1.62 bits per heavy atom. The van der Waals surface area contributed by atoms with Crippen LogP contribution in [0.15, 0.2) is 33.9 Å². The van der Waals surface area contributed by atoms with Gasteiger partial charge in [-0.25, -0.2) is 4.79 Å². The van der Waals surface area contributed by atoms with Crippen LogP contribution in [-0.2, 0) is 9.63 Å².